The third kappa shape index (κ3) is 2.43. The van der Waals surface area contributed by atoms with E-state index in [1.165, 1.54) is 11.1 Å². The highest BCUT2D eigenvalue weighted by Crippen LogP contribution is 2.22. The summed E-state index contributed by atoms with van der Waals surface area (Å²) >= 11 is 0. The zero-order chi connectivity index (χ0) is 15.0. The molecule has 3 rings (SSSR count). The molecule has 0 aliphatic heterocycles. The van der Waals surface area contributed by atoms with Gasteiger partial charge in [0.25, 0.3) is 0 Å². The molecule has 2 aromatic heterocycles. The van der Waals surface area contributed by atoms with E-state index in [1.54, 1.807) is 0 Å². The van der Waals surface area contributed by atoms with E-state index in [1.807, 2.05) is 17.0 Å². The van der Waals surface area contributed by atoms with Gasteiger partial charge in [-0.1, -0.05) is 6.92 Å². The van der Waals surface area contributed by atoms with Gasteiger partial charge in [0.2, 0.25) is 0 Å². The molecular weight excluding hydrogens is 260 g/mol. The van der Waals surface area contributed by atoms with Gasteiger partial charge in [-0.15, -0.1) is 0 Å². The number of fused-ring (bicyclic) bond motifs is 1. The van der Waals surface area contributed by atoms with Crippen molar-refractivity contribution in [1.29, 1.82) is 0 Å². The maximum absolute atomic E-state index is 5.80. The van der Waals surface area contributed by atoms with Crippen LogP contribution in [0.25, 0.3) is 16.9 Å². The Morgan fingerprint density at radius 2 is 1.86 bits per heavy atom. The van der Waals surface area contributed by atoms with E-state index in [2.05, 4.69) is 44.0 Å². The fourth-order valence-electron chi connectivity index (χ4n) is 2.50. The minimum Gasteiger partial charge on any atom is -0.326 e. The number of aromatic nitrogens is 3. The Morgan fingerprint density at radius 3 is 2.57 bits per heavy atom. The molecule has 0 radical (unpaired) electrons. The lowest BCUT2D eigenvalue weighted by molar-refractivity contribution is 0.933. The molecule has 0 spiro atoms. The molecule has 21 heavy (non-hydrogen) atoms. The SMILES string of the molecule is CCc1cc(CN)cc(-n2cnc3cc(C)c(C)cc32)n1. The number of nitrogens with zero attached hydrogens (tertiary/aromatic N) is 3. The van der Waals surface area contributed by atoms with E-state index < -0.39 is 0 Å². The van der Waals surface area contributed by atoms with Gasteiger partial charge in [-0.25, -0.2) is 9.97 Å². The first kappa shape index (κ1) is 13.8. The number of hydrogen-bond donors (Lipinski definition) is 1. The predicted octanol–water partition coefficient (Wildman–Crippen LogP) is 3.06. The molecule has 0 saturated carbocycles. The Bertz CT molecular complexity index is 780. The molecule has 3 aromatic rings. The molecule has 1 aromatic carbocycles. The molecule has 0 amide bonds. The van der Waals surface area contributed by atoms with E-state index in [9.17, 15) is 0 Å². The van der Waals surface area contributed by atoms with Crippen molar-refractivity contribution in [3.05, 3.63) is 53.0 Å². The topological polar surface area (TPSA) is 56.7 Å². The Hall–Kier alpha value is -2.20. The summed E-state index contributed by atoms with van der Waals surface area (Å²) in [5.41, 5.74) is 12.5. The standard InChI is InChI=1S/C17H20N4/c1-4-14-7-13(9-18)8-17(20-14)21-10-19-15-5-11(2)12(3)6-16(15)21/h5-8,10H,4,9,18H2,1-3H3. The van der Waals surface area contributed by atoms with Crippen LogP contribution >= 0.6 is 0 Å². The third-order valence-electron chi connectivity index (χ3n) is 3.93. The fourth-order valence-corrected chi connectivity index (χ4v) is 2.50. The number of pyridine rings is 1. The first-order valence-electron chi connectivity index (χ1n) is 7.27. The minimum atomic E-state index is 0.521. The zero-order valence-corrected chi connectivity index (χ0v) is 12.7. The van der Waals surface area contributed by atoms with Crippen LogP contribution in [0.3, 0.4) is 0 Å². The number of rotatable bonds is 3. The Labute approximate surface area is 124 Å². The van der Waals surface area contributed by atoms with E-state index in [4.69, 9.17) is 10.7 Å². The molecule has 108 valence electrons. The molecule has 0 atom stereocenters. The fraction of sp³-hybridized carbons (Fsp3) is 0.294. The summed E-state index contributed by atoms with van der Waals surface area (Å²) in [7, 11) is 0. The second-order valence-electron chi connectivity index (χ2n) is 5.42. The summed E-state index contributed by atoms with van der Waals surface area (Å²) in [4.78, 5) is 9.21. The highest BCUT2D eigenvalue weighted by Gasteiger charge is 2.09. The van der Waals surface area contributed by atoms with Crippen molar-refractivity contribution >= 4 is 11.0 Å². The van der Waals surface area contributed by atoms with Crippen LogP contribution in [0.5, 0.6) is 0 Å². The summed E-state index contributed by atoms with van der Waals surface area (Å²) in [6.07, 6.45) is 2.73. The smallest absolute Gasteiger partial charge is 0.138 e. The average Bonchev–Trinajstić information content (AvgIpc) is 2.90. The zero-order valence-electron chi connectivity index (χ0n) is 12.7. The first-order valence-corrected chi connectivity index (χ1v) is 7.27. The van der Waals surface area contributed by atoms with E-state index in [0.29, 0.717) is 6.54 Å². The van der Waals surface area contributed by atoms with Gasteiger partial charge in [-0.3, -0.25) is 4.57 Å². The molecule has 0 aliphatic carbocycles. The largest absolute Gasteiger partial charge is 0.326 e. The highest BCUT2D eigenvalue weighted by atomic mass is 15.1. The maximum atomic E-state index is 5.80. The van der Waals surface area contributed by atoms with Crippen molar-refractivity contribution in [3.63, 3.8) is 0 Å². The quantitative estimate of drug-likeness (QED) is 0.802. The van der Waals surface area contributed by atoms with Crippen molar-refractivity contribution in [2.45, 2.75) is 33.7 Å². The molecule has 0 unspecified atom stereocenters. The van der Waals surface area contributed by atoms with Crippen molar-refractivity contribution < 1.29 is 0 Å². The van der Waals surface area contributed by atoms with Crippen molar-refractivity contribution in [3.8, 4) is 5.82 Å². The summed E-state index contributed by atoms with van der Waals surface area (Å²) in [6, 6.07) is 8.39. The predicted molar refractivity (Wildman–Crippen MR) is 85.6 cm³/mol. The molecule has 0 saturated heterocycles. The molecular formula is C17H20N4. The molecule has 2 heterocycles. The van der Waals surface area contributed by atoms with Gasteiger partial charge in [0, 0.05) is 12.2 Å². The summed E-state index contributed by atoms with van der Waals surface area (Å²) < 4.78 is 2.04. The van der Waals surface area contributed by atoms with Crippen LogP contribution in [0.15, 0.2) is 30.6 Å². The third-order valence-corrected chi connectivity index (χ3v) is 3.93. The molecule has 0 fully saturated rings. The van der Waals surface area contributed by atoms with E-state index in [0.717, 1.165) is 34.5 Å². The van der Waals surface area contributed by atoms with Crippen molar-refractivity contribution in [1.82, 2.24) is 14.5 Å². The van der Waals surface area contributed by atoms with Gasteiger partial charge in [-0.05, 0) is 61.2 Å². The number of aryl methyl sites for hydroxylation is 3. The summed E-state index contributed by atoms with van der Waals surface area (Å²) in [6.45, 7) is 6.85. The first-order chi connectivity index (χ1) is 10.1. The number of benzene rings is 1. The number of nitrogens with two attached hydrogens (primary N) is 1. The van der Waals surface area contributed by atoms with Crippen LogP contribution in [0.4, 0.5) is 0 Å². The van der Waals surface area contributed by atoms with Crippen LogP contribution in [-0.2, 0) is 13.0 Å². The van der Waals surface area contributed by atoms with Crippen molar-refractivity contribution in [2.75, 3.05) is 0 Å². The van der Waals surface area contributed by atoms with Crippen LogP contribution < -0.4 is 5.73 Å². The highest BCUT2D eigenvalue weighted by molar-refractivity contribution is 5.79. The van der Waals surface area contributed by atoms with Crippen LogP contribution in [0.1, 0.15) is 29.3 Å². The Kier molecular flexibility index (Phi) is 3.47. The summed E-state index contributed by atoms with van der Waals surface area (Å²) in [5.74, 6) is 0.889. The van der Waals surface area contributed by atoms with E-state index >= 15 is 0 Å². The molecule has 2 N–H and O–H groups in total. The van der Waals surface area contributed by atoms with Gasteiger partial charge < -0.3 is 5.73 Å². The van der Waals surface area contributed by atoms with Crippen molar-refractivity contribution in [2.24, 2.45) is 5.73 Å². The Morgan fingerprint density at radius 1 is 1.10 bits per heavy atom. The van der Waals surface area contributed by atoms with Crippen LogP contribution in [0.2, 0.25) is 0 Å². The van der Waals surface area contributed by atoms with Gasteiger partial charge >= 0.3 is 0 Å². The lowest BCUT2D eigenvalue weighted by Gasteiger charge is -2.09. The summed E-state index contributed by atoms with van der Waals surface area (Å²) in [5, 5.41) is 0. The van der Waals surface area contributed by atoms with Gasteiger partial charge in [-0.2, -0.15) is 0 Å². The molecule has 0 bridgehead atoms. The lowest BCUT2D eigenvalue weighted by Crippen LogP contribution is -2.04. The average molecular weight is 280 g/mol. The van der Waals surface area contributed by atoms with Crippen LogP contribution in [-0.4, -0.2) is 14.5 Å². The second-order valence-corrected chi connectivity index (χ2v) is 5.42. The Balaban J connectivity index is 2.22. The van der Waals surface area contributed by atoms with E-state index in [-0.39, 0.29) is 0 Å². The molecule has 0 aliphatic rings. The maximum Gasteiger partial charge on any atom is 0.138 e. The number of imidazole rings is 1. The minimum absolute atomic E-state index is 0.521. The number of hydrogen-bond acceptors (Lipinski definition) is 3. The second kappa shape index (κ2) is 5.30. The molecule has 4 nitrogen and oxygen atoms in total. The normalized spacial score (nSPS) is 11.2. The monoisotopic (exact) mass is 280 g/mol. The van der Waals surface area contributed by atoms with Gasteiger partial charge in [0.15, 0.2) is 0 Å². The molecule has 4 heteroatoms. The van der Waals surface area contributed by atoms with Gasteiger partial charge in [0.1, 0.15) is 12.1 Å². The lowest BCUT2D eigenvalue weighted by atomic mass is 10.1. The van der Waals surface area contributed by atoms with Crippen LogP contribution in [0, 0.1) is 13.8 Å². The van der Waals surface area contributed by atoms with Gasteiger partial charge in [0.05, 0.1) is 11.0 Å².